The van der Waals surface area contributed by atoms with E-state index in [4.69, 9.17) is 9.68 Å². The Kier molecular flexibility index (Phi) is 3.96. The van der Waals surface area contributed by atoms with Crippen LogP contribution in [0.25, 0.3) is 11.0 Å². The normalized spacial score (nSPS) is 11.8. The number of rotatable bonds is 4. The molecule has 0 aliphatic carbocycles. The molecule has 1 amide bonds. The highest BCUT2D eigenvalue weighted by Crippen LogP contribution is 2.28. The monoisotopic (exact) mass is 342 g/mol. The summed E-state index contributed by atoms with van der Waals surface area (Å²) in [4.78, 5) is 19.4. The van der Waals surface area contributed by atoms with Gasteiger partial charge in [0.25, 0.3) is 5.91 Å². The van der Waals surface area contributed by atoms with Gasteiger partial charge in [0, 0.05) is 24.0 Å². The van der Waals surface area contributed by atoms with Crippen LogP contribution in [0.2, 0.25) is 0 Å². The zero-order valence-corrected chi connectivity index (χ0v) is 13.6. The van der Waals surface area contributed by atoms with Gasteiger partial charge in [-0.05, 0) is 35.9 Å². The maximum absolute atomic E-state index is 12.6. The summed E-state index contributed by atoms with van der Waals surface area (Å²) in [5.74, 6) is 0.326. The SMILES string of the molecule is N#Cc1cc(C(=O)NC(c2ccncc2)c2cc3ccccc3o2)c[nH]1. The molecule has 3 aromatic heterocycles. The number of nitrogens with one attached hydrogen (secondary N) is 2. The highest BCUT2D eigenvalue weighted by molar-refractivity contribution is 5.95. The largest absolute Gasteiger partial charge is 0.459 e. The molecule has 0 aliphatic rings. The highest BCUT2D eigenvalue weighted by atomic mass is 16.3. The molecular weight excluding hydrogens is 328 g/mol. The minimum Gasteiger partial charge on any atom is -0.459 e. The Morgan fingerprint density at radius 3 is 2.73 bits per heavy atom. The fourth-order valence-electron chi connectivity index (χ4n) is 2.82. The number of aromatic amines is 1. The molecular formula is C20H14N4O2. The molecule has 4 aromatic rings. The molecule has 0 saturated carbocycles. The van der Waals surface area contributed by atoms with Gasteiger partial charge in [0.15, 0.2) is 0 Å². The second-order valence-corrected chi connectivity index (χ2v) is 5.79. The summed E-state index contributed by atoms with van der Waals surface area (Å²) < 4.78 is 5.95. The standard InChI is InChI=1S/C20H14N4O2/c21-11-16-9-15(12-23-16)20(25)24-19(13-5-7-22-8-6-13)18-10-14-3-1-2-4-17(14)26-18/h1-10,12,19,23H,(H,24,25). The van der Waals surface area contributed by atoms with E-state index in [0.29, 0.717) is 17.0 Å². The van der Waals surface area contributed by atoms with E-state index in [1.165, 1.54) is 12.3 Å². The van der Waals surface area contributed by atoms with Gasteiger partial charge in [0.05, 0.1) is 5.56 Å². The van der Waals surface area contributed by atoms with Crippen LogP contribution in [-0.2, 0) is 0 Å². The van der Waals surface area contributed by atoms with Crippen molar-refractivity contribution in [3.63, 3.8) is 0 Å². The number of hydrogen-bond donors (Lipinski definition) is 2. The minimum absolute atomic E-state index is 0.301. The molecule has 1 atom stereocenters. The number of pyridine rings is 1. The number of aromatic nitrogens is 2. The van der Waals surface area contributed by atoms with Crippen LogP contribution >= 0.6 is 0 Å². The van der Waals surface area contributed by atoms with Crippen LogP contribution < -0.4 is 5.32 Å². The van der Waals surface area contributed by atoms with Crippen molar-refractivity contribution >= 4 is 16.9 Å². The molecule has 6 nitrogen and oxygen atoms in total. The lowest BCUT2D eigenvalue weighted by atomic mass is 10.1. The molecule has 4 rings (SSSR count). The van der Waals surface area contributed by atoms with Crippen LogP contribution in [0.4, 0.5) is 0 Å². The molecule has 0 spiro atoms. The van der Waals surface area contributed by atoms with Crippen LogP contribution in [0.1, 0.15) is 33.4 Å². The Hall–Kier alpha value is -3.85. The summed E-state index contributed by atoms with van der Waals surface area (Å²) >= 11 is 0. The van der Waals surface area contributed by atoms with Crippen molar-refractivity contribution in [2.24, 2.45) is 0 Å². The topological polar surface area (TPSA) is 94.7 Å². The quantitative estimate of drug-likeness (QED) is 0.593. The second-order valence-electron chi connectivity index (χ2n) is 5.79. The highest BCUT2D eigenvalue weighted by Gasteiger charge is 2.22. The first-order valence-corrected chi connectivity index (χ1v) is 8.02. The van der Waals surface area contributed by atoms with E-state index in [2.05, 4.69) is 15.3 Å². The fraction of sp³-hybridized carbons (Fsp3) is 0.0500. The average Bonchev–Trinajstić information content (AvgIpc) is 3.33. The van der Waals surface area contributed by atoms with Gasteiger partial charge in [-0.3, -0.25) is 9.78 Å². The molecule has 0 bridgehead atoms. The van der Waals surface area contributed by atoms with Crippen molar-refractivity contribution in [2.45, 2.75) is 6.04 Å². The molecule has 26 heavy (non-hydrogen) atoms. The van der Waals surface area contributed by atoms with Crippen molar-refractivity contribution in [1.82, 2.24) is 15.3 Å². The lowest BCUT2D eigenvalue weighted by Crippen LogP contribution is -2.28. The molecule has 1 unspecified atom stereocenters. The zero-order valence-electron chi connectivity index (χ0n) is 13.6. The summed E-state index contributed by atoms with van der Waals surface area (Å²) in [6, 6.07) is 16.3. The number of nitrogens with zero attached hydrogens (tertiary/aromatic N) is 2. The number of nitriles is 1. The number of H-pyrrole nitrogens is 1. The van der Waals surface area contributed by atoms with Gasteiger partial charge in [0.2, 0.25) is 0 Å². The summed E-state index contributed by atoms with van der Waals surface area (Å²) in [6.45, 7) is 0. The Morgan fingerprint density at radius 1 is 1.19 bits per heavy atom. The molecule has 3 heterocycles. The maximum Gasteiger partial charge on any atom is 0.253 e. The van der Waals surface area contributed by atoms with Gasteiger partial charge in [-0.15, -0.1) is 0 Å². The van der Waals surface area contributed by atoms with E-state index in [1.807, 2.05) is 48.5 Å². The van der Waals surface area contributed by atoms with Crippen molar-refractivity contribution < 1.29 is 9.21 Å². The van der Waals surface area contributed by atoms with Gasteiger partial charge in [0.1, 0.15) is 29.1 Å². The maximum atomic E-state index is 12.6. The van der Waals surface area contributed by atoms with E-state index >= 15 is 0 Å². The third-order valence-electron chi connectivity index (χ3n) is 4.11. The van der Waals surface area contributed by atoms with E-state index in [0.717, 1.165) is 16.5 Å². The Bertz CT molecular complexity index is 1070. The molecule has 1 aromatic carbocycles. The smallest absolute Gasteiger partial charge is 0.253 e. The molecule has 126 valence electrons. The van der Waals surface area contributed by atoms with Gasteiger partial charge >= 0.3 is 0 Å². The first-order chi connectivity index (χ1) is 12.7. The van der Waals surface area contributed by atoms with Gasteiger partial charge in [-0.1, -0.05) is 18.2 Å². The van der Waals surface area contributed by atoms with Crippen molar-refractivity contribution in [3.05, 3.63) is 89.7 Å². The van der Waals surface area contributed by atoms with Crippen molar-refractivity contribution in [1.29, 1.82) is 5.26 Å². The van der Waals surface area contributed by atoms with Crippen LogP contribution in [0.5, 0.6) is 0 Å². The zero-order chi connectivity index (χ0) is 17.9. The first-order valence-electron chi connectivity index (χ1n) is 8.02. The first kappa shape index (κ1) is 15.7. The average molecular weight is 342 g/mol. The number of para-hydroxylation sites is 1. The summed E-state index contributed by atoms with van der Waals surface area (Å²) in [5, 5.41) is 12.9. The van der Waals surface area contributed by atoms with Crippen LogP contribution in [0, 0.1) is 11.3 Å². The summed E-state index contributed by atoms with van der Waals surface area (Å²) in [5.41, 5.74) is 2.32. The number of benzene rings is 1. The molecule has 2 N–H and O–H groups in total. The lowest BCUT2D eigenvalue weighted by molar-refractivity contribution is 0.0939. The van der Waals surface area contributed by atoms with Gasteiger partial charge in [-0.25, -0.2) is 0 Å². The summed E-state index contributed by atoms with van der Waals surface area (Å²) in [7, 11) is 0. The van der Waals surface area contributed by atoms with Crippen LogP contribution in [0.3, 0.4) is 0 Å². The van der Waals surface area contributed by atoms with E-state index in [1.54, 1.807) is 12.4 Å². The fourth-order valence-corrected chi connectivity index (χ4v) is 2.82. The molecule has 0 aliphatic heterocycles. The number of fused-ring (bicyclic) bond motifs is 1. The number of furan rings is 1. The molecule has 0 saturated heterocycles. The van der Waals surface area contributed by atoms with Gasteiger partial charge in [-0.2, -0.15) is 5.26 Å². The van der Waals surface area contributed by atoms with Gasteiger partial charge < -0.3 is 14.7 Å². The Balaban J connectivity index is 1.71. The van der Waals surface area contributed by atoms with Crippen LogP contribution in [-0.4, -0.2) is 15.9 Å². The number of hydrogen-bond acceptors (Lipinski definition) is 4. The number of carbonyl (C=O) groups is 1. The predicted octanol–water partition coefficient (Wildman–Crippen LogP) is 3.55. The van der Waals surface area contributed by atoms with Crippen molar-refractivity contribution in [2.75, 3.05) is 0 Å². The molecule has 6 heteroatoms. The molecule has 0 radical (unpaired) electrons. The Morgan fingerprint density at radius 2 is 2.00 bits per heavy atom. The van der Waals surface area contributed by atoms with E-state index < -0.39 is 6.04 Å². The second kappa shape index (κ2) is 6.57. The Labute approximate surface area is 149 Å². The predicted molar refractivity (Wildman–Crippen MR) is 95.3 cm³/mol. The lowest BCUT2D eigenvalue weighted by Gasteiger charge is -2.16. The van der Waals surface area contributed by atoms with Crippen LogP contribution in [0.15, 0.2) is 71.5 Å². The van der Waals surface area contributed by atoms with E-state index in [-0.39, 0.29) is 5.91 Å². The summed E-state index contributed by atoms with van der Waals surface area (Å²) in [6.07, 6.45) is 4.85. The third-order valence-corrected chi connectivity index (χ3v) is 4.11. The van der Waals surface area contributed by atoms with Crippen molar-refractivity contribution in [3.8, 4) is 6.07 Å². The molecule has 0 fully saturated rings. The number of carbonyl (C=O) groups excluding carboxylic acids is 1. The van der Waals surface area contributed by atoms with E-state index in [9.17, 15) is 4.79 Å². The number of amides is 1. The third kappa shape index (κ3) is 2.94. The minimum atomic E-state index is -0.474.